The van der Waals surface area contributed by atoms with Crippen molar-refractivity contribution in [3.05, 3.63) is 11.1 Å². The maximum Gasteiger partial charge on any atom is 0.229 e. The quantitative estimate of drug-likeness (QED) is 0.524. The van der Waals surface area contributed by atoms with Gasteiger partial charge in [-0.05, 0) is 23.8 Å². The Morgan fingerprint density at radius 3 is 3.20 bits per heavy atom. The molecule has 10 heavy (non-hydrogen) atoms. The lowest BCUT2D eigenvalue weighted by Gasteiger charge is -1.95. The minimum absolute atomic E-state index is 0.390. The summed E-state index contributed by atoms with van der Waals surface area (Å²) < 4.78 is 8.58. The van der Waals surface area contributed by atoms with Gasteiger partial charge < -0.3 is 4.18 Å². The molecule has 1 aromatic rings. The lowest BCUT2D eigenvalue weighted by Crippen LogP contribution is -1.97. The summed E-state index contributed by atoms with van der Waals surface area (Å²) in [6.07, 6.45) is 1.80. The van der Waals surface area contributed by atoms with Gasteiger partial charge >= 0.3 is 0 Å². The maximum atomic E-state index is 4.94. The van der Waals surface area contributed by atoms with Gasteiger partial charge in [0.15, 0.2) is 5.69 Å². The SMILES string of the molecule is CSOC(=S)c1csnn1. The zero-order valence-corrected chi connectivity index (χ0v) is 7.55. The van der Waals surface area contributed by atoms with Crippen LogP contribution in [0, 0.1) is 0 Å². The molecule has 0 N–H and O–H groups in total. The molecule has 6 heteroatoms. The van der Waals surface area contributed by atoms with E-state index in [1.54, 1.807) is 11.6 Å². The van der Waals surface area contributed by atoms with E-state index in [-0.39, 0.29) is 0 Å². The Kier molecular flexibility index (Phi) is 3.04. The van der Waals surface area contributed by atoms with E-state index in [0.717, 1.165) is 0 Å². The van der Waals surface area contributed by atoms with Crippen LogP contribution >= 0.6 is 35.8 Å². The number of hydrogen-bond acceptors (Lipinski definition) is 6. The molecule has 0 unspecified atom stereocenters. The van der Waals surface area contributed by atoms with Gasteiger partial charge in [0.2, 0.25) is 5.05 Å². The molecule has 0 amide bonds. The van der Waals surface area contributed by atoms with E-state index in [1.165, 1.54) is 23.6 Å². The molecular formula is C4H4N2OS3. The number of nitrogens with zero attached hydrogens (tertiary/aromatic N) is 2. The van der Waals surface area contributed by atoms with E-state index in [4.69, 9.17) is 16.4 Å². The molecule has 0 aliphatic rings. The van der Waals surface area contributed by atoms with Crippen molar-refractivity contribution in [3.8, 4) is 0 Å². The van der Waals surface area contributed by atoms with Crippen LogP contribution in [-0.2, 0) is 4.18 Å². The number of aromatic nitrogens is 2. The second-order valence-corrected chi connectivity index (χ2v) is 2.81. The molecule has 1 rings (SSSR count). The van der Waals surface area contributed by atoms with Crippen molar-refractivity contribution >= 4 is 40.8 Å². The van der Waals surface area contributed by atoms with Gasteiger partial charge in [-0.25, -0.2) is 0 Å². The van der Waals surface area contributed by atoms with Crippen LogP contribution in [0.2, 0.25) is 0 Å². The number of hydrogen-bond donors (Lipinski definition) is 0. The van der Waals surface area contributed by atoms with Crippen molar-refractivity contribution in [1.29, 1.82) is 0 Å². The first kappa shape index (κ1) is 7.90. The molecule has 0 atom stereocenters. The highest BCUT2D eigenvalue weighted by atomic mass is 32.2. The molecule has 0 fully saturated rings. The third-order valence-corrected chi connectivity index (χ3v) is 1.96. The number of rotatable bonds is 2. The predicted molar refractivity (Wildman–Crippen MR) is 46.2 cm³/mol. The highest BCUT2D eigenvalue weighted by molar-refractivity contribution is 7.95. The van der Waals surface area contributed by atoms with Crippen LogP contribution < -0.4 is 0 Å². The third-order valence-electron chi connectivity index (χ3n) is 0.728. The molecular weight excluding hydrogens is 188 g/mol. The average molecular weight is 192 g/mol. The summed E-state index contributed by atoms with van der Waals surface area (Å²) in [5, 5.41) is 5.86. The molecule has 0 bridgehead atoms. The van der Waals surface area contributed by atoms with Gasteiger partial charge in [-0.1, -0.05) is 4.49 Å². The molecule has 0 aliphatic carbocycles. The van der Waals surface area contributed by atoms with Gasteiger partial charge in [-0.2, -0.15) is 0 Å². The zero-order valence-electron chi connectivity index (χ0n) is 5.10. The molecule has 0 spiro atoms. The lowest BCUT2D eigenvalue weighted by molar-refractivity contribution is 0.665. The zero-order chi connectivity index (χ0) is 7.40. The summed E-state index contributed by atoms with van der Waals surface area (Å²) in [6.45, 7) is 0. The Morgan fingerprint density at radius 1 is 1.90 bits per heavy atom. The van der Waals surface area contributed by atoms with Crippen molar-refractivity contribution in [2.75, 3.05) is 6.26 Å². The number of thiocarbonyl (C=S) groups is 1. The minimum atomic E-state index is 0.390. The predicted octanol–water partition coefficient (Wildman–Crippen LogP) is 1.51. The van der Waals surface area contributed by atoms with Gasteiger partial charge in [-0.15, -0.1) is 5.10 Å². The molecule has 3 nitrogen and oxygen atoms in total. The van der Waals surface area contributed by atoms with Crippen LogP contribution in [0.4, 0.5) is 0 Å². The topological polar surface area (TPSA) is 35.0 Å². The summed E-state index contributed by atoms with van der Waals surface area (Å²) in [4.78, 5) is 0. The Bertz CT molecular complexity index is 210. The van der Waals surface area contributed by atoms with Crippen molar-refractivity contribution in [3.63, 3.8) is 0 Å². The monoisotopic (exact) mass is 192 g/mol. The first-order valence-electron chi connectivity index (χ1n) is 2.36. The normalized spacial score (nSPS) is 9.30. The molecule has 1 aromatic heterocycles. The van der Waals surface area contributed by atoms with E-state index >= 15 is 0 Å². The second-order valence-electron chi connectivity index (χ2n) is 1.33. The van der Waals surface area contributed by atoms with E-state index in [9.17, 15) is 0 Å². The molecule has 0 aromatic carbocycles. The Labute approximate surface area is 72.2 Å². The van der Waals surface area contributed by atoms with Gasteiger partial charge in [-0.3, -0.25) is 0 Å². The van der Waals surface area contributed by atoms with Crippen molar-refractivity contribution < 1.29 is 4.18 Å². The van der Waals surface area contributed by atoms with Crippen LogP contribution in [0.1, 0.15) is 5.69 Å². The van der Waals surface area contributed by atoms with Crippen molar-refractivity contribution in [2.24, 2.45) is 0 Å². The van der Waals surface area contributed by atoms with Crippen molar-refractivity contribution in [2.45, 2.75) is 0 Å². The summed E-state index contributed by atoms with van der Waals surface area (Å²) >= 11 is 7.29. The molecule has 1 heterocycles. The van der Waals surface area contributed by atoms with E-state index < -0.39 is 0 Å². The van der Waals surface area contributed by atoms with Gasteiger partial charge in [0.25, 0.3) is 0 Å². The minimum Gasteiger partial charge on any atom is -0.412 e. The highest BCUT2D eigenvalue weighted by Gasteiger charge is 2.03. The molecule has 0 aliphatic heterocycles. The molecule has 54 valence electrons. The van der Waals surface area contributed by atoms with Crippen molar-refractivity contribution in [1.82, 2.24) is 9.59 Å². The first-order chi connectivity index (χ1) is 4.84. The summed E-state index contributed by atoms with van der Waals surface area (Å²) in [5.41, 5.74) is 0.634. The molecule has 0 saturated carbocycles. The van der Waals surface area contributed by atoms with E-state index in [0.29, 0.717) is 10.7 Å². The fourth-order valence-corrected chi connectivity index (χ4v) is 1.42. The molecule has 0 radical (unpaired) electrons. The fourth-order valence-electron chi connectivity index (χ4n) is 0.372. The Hall–Kier alpha value is -0.200. The van der Waals surface area contributed by atoms with Crippen LogP contribution in [0.15, 0.2) is 5.38 Å². The average Bonchev–Trinajstić information content (AvgIpc) is 2.38. The third kappa shape index (κ3) is 1.89. The van der Waals surface area contributed by atoms with Gasteiger partial charge in [0.1, 0.15) is 0 Å². The Morgan fingerprint density at radius 2 is 2.70 bits per heavy atom. The smallest absolute Gasteiger partial charge is 0.229 e. The van der Waals surface area contributed by atoms with E-state index in [1.807, 2.05) is 0 Å². The second kappa shape index (κ2) is 3.85. The summed E-state index contributed by atoms with van der Waals surface area (Å²) in [6, 6.07) is 0. The molecule has 0 saturated heterocycles. The van der Waals surface area contributed by atoms with Crippen LogP contribution in [0.25, 0.3) is 0 Å². The van der Waals surface area contributed by atoms with E-state index in [2.05, 4.69) is 9.59 Å². The Balaban J connectivity index is 2.59. The first-order valence-corrected chi connectivity index (χ1v) is 4.76. The largest absolute Gasteiger partial charge is 0.412 e. The van der Waals surface area contributed by atoms with Crippen LogP contribution in [-0.4, -0.2) is 20.9 Å². The van der Waals surface area contributed by atoms with Gasteiger partial charge in [0.05, 0.1) is 12.0 Å². The summed E-state index contributed by atoms with van der Waals surface area (Å²) in [5.74, 6) is 0. The maximum absolute atomic E-state index is 4.94. The standard InChI is InChI=1S/C4H4N2OS3/c1-9-7-4(8)3-2-10-6-5-3/h2H,1H3. The highest BCUT2D eigenvalue weighted by Crippen LogP contribution is 2.06. The fraction of sp³-hybridized carbons (Fsp3) is 0.250. The summed E-state index contributed by atoms with van der Waals surface area (Å²) in [7, 11) is 0. The van der Waals surface area contributed by atoms with Crippen LogP contribution in [0.5, 0.6) is 0 Å². The van der Waals surface area contributed by atoms with Crippen LogP contribution in [0.3, 0.4) is 0 Å². The van der Waals surface area contributed by atoms with Gasteiger partial charge in [0, 0.05) is 11.6 Å². The lowest BCUT2D eigenvalue weighted by atomic mass is 10.5.